The molecule has 1 aromatic heterocycles. The van der Waals surface area contributed by atoms with Crippen molar-refractivity contribution in [2.45, 2.75) is 0 Å². The number of rotatable bonds is 3. The summed E-state index contributed by atoms with van der Waals surface area (Å²) >= 11 is 0. The molecule has 0 aliphatic carbocycles. The summed E-state index contributed by atoms with van der Waals surface area (Å²) in [6, 6.07) is 10.9. The topological polar surface area (TPSA) is 129 Å². The smallest absolute Gasteiger partial charge is 0.308 e. The van der Waals surface area contributed by atoms with Crippen molar-refractivity contribution in [1.29, 1.82) is 0 Å². The number of anilines is 1. The van der Waals surface area contributed by atoms with E-state index in [-0.39, 0.29) is 17.5 Å². The van der Waals surface area contributed by atoms with Gasteiger partial charge in [0.1, 0.15) is 5.75 Å². The van der Waals surface area contributed by atoms with E-state index in [0.717, 1.165) is 10.8 Å². The number of amides is 1. The van der Waals surface area contributed by atoms with E-state index in [2.05, 4.69) is 25.7 Å². The number of carbonyl (C=O) groups is 1. The van der Waals surface area contributed by atoms with Gasteiger partial charge in [0.15, 0.2) is 0 Å². The Morgan fingerprint density at radius 1 is 1.32 bits per heavy atom. The van der Waals surface area contributed by atoms with E-state index < -0.39 is 5.91 Å². The van der Waals surface area contributed by atoms with Gasteiger partial charge in [-0.1, -0.05) is 30.3 Å². The number of benzene rings is 2. The number of hydrogen-bond acceptors (Lipinski definition) is 6. The first-order valence-electron chi connectivity index (χ1n) is 6.37. The van der Waals surface area contributed by atoms with E-state index in [0.29, 0.717) is 5.56 Å². The molecule has 0 aliphatic rings. The van der Waals surface area contributed by atoms with Crippen molar-refractivity contribution in [2.24, 2.45) is 5.10 Å². The molecule has 0 spiro atoms. The van der Waals surface area contributed by atoms with Crippen molar-refractivity contribution in [2.75, 3.05) is 5.73 Å². The van der Waals surface area contributed by atoms with Crippen molar-refractivity contribution in [3.05, 3.63) is 47.8 Å². The number of aromatic hydroxyl groups is 1. The zero-order valence-electron chi connectivity index (χ0n) is 11.3. The van der Waals surface area contributed by atoms with Crippen molar-refractivity contribution in [3.8, 4) is 5.75 Å². The molecule has 3 rings (SSSR count). The lowest BCUT2D eigenvalue weighted by atomic mass is 10.0. The van der Waals surface area contributed by atoms with Gasteiger partial charge in [0.05, 0.1) is 6.21 Å². The number of H-pyrrole nitrogens is 1. The monoisotopic (exact) mass is 296 g/mol. The first-order chi connectivity index (χ1) is 10.6. The molecule has 8 nitrogen and oxygen atoms in total. The van der Waals surface area contributed by atoms with E-state index in [9.17, 15) is 9.90 Å². The zero-order valence-corrected chi connectivity index (χ0v) is 11.3. The maximum absolute atomic E-state index is 11.7. The maximum atomic E-state index is 11.7. The number of aromatic amines is 1. The summed E-state index contributed by atoms with van der Waals surface area (Å²) in [5.74, 6) is -0.585. The number of hydrogen-bond donors (Lipinski definition) is 4. The highest BCUT2D eigenvalue weighted by Crippen LogP contribution is 2.25. The van der Waals surface area contributed by atoms with Crippen LogP contribution in [0, 0.1) is 0 Å². The van der Waals surface area contributed by atoms with Gasteiger partial charge in [-0.2, -0.15) is 10.1 Å². The Hall–Kier alpha value is -3.42. The minimum absolute atomic E-state index is 0.0270. The fourth-order valence-corrected chi connectivity index (χ4v) is 2.00. The molecule has 5 N–H and O–H groups in total. The second-order valence-corrected chi connectivity index (χ2v) is 4.46. The van der Waals surface area contributed by atoms with Gasteiger partial charge in [-0.25, -0.2) is 5.43 Å². The standard InChI is InChI=1S/C14H12N6O2/c15-14-17-12(18-20-14)13(22)19-16-7-10-9-4-2-1-3-8(9)5-6-11(10)21/h1-7,21H,(H,19,22)(H3,15,17,18,20)/b16-7+. The van der Waals surface area contributed by atoms with Crippen LogP contribution in [0.15, 0.2) is 41.5 Å². The molecule has 110 valence electrons. The zero-order chi connectivity index (χ0) is 15.5. The van der Waals surface area contributed by atoms with Gasteiger partial charge in [0, 0.05) is 5.56 Å². The summed E-state index contributed by atoms with van der Waals surface area (Å²) < 4.78 is 0. The molecule has 0 fully saturated rings. The largest absolute Gasteiger partial charge is 0.507 e. The molecular formula is C14H12N6O2. The van der Waals surface area contributed by atoms with Crippen molar-refractivity contribution in [1.82, 2.24) is 20.6 Å². The number of carbonyl (C=O) groups excluding carboxylic acids is 1. The van der Waals surface area contributed by atoms with E-state index in [4.69, 9.17) is 5.73 Å². The van der Waals surface area contributed by atoms with E-state index in [1.54, 1.807) is 12.1 Å². The van der Waals surface area contributed by atoms with Gasteiger partial charge in [0.2, 0.25) is 11.8 Å². The highest BCUT2D eigenvalue weighted by molar-refractivity contribution is 6.02. The number of phenolic OH excluding ortho intramolecular Hbond substituents is 1. The lowest BCUT2D eigenvalue weighted by molar-refractivity contribution is 0.0945. The minimum Gasteiger partial charge on any atom is -0.507 e. The molecule has 0 radical (unpaired) electrons. The molecule has 8 heteroatoms. The third-order valence-electron chi connectivity index (χ3n) is 3.03. The number of nitrogen functional groups attached to an aromatic ring is 1. The molecule has 1 amide bonds. The van der Waals surface area contributed by atoms with Crippen LogP contribution in [0.3, 0.4) is 0 Å². The van der Waals surface area contributed by atoms with Crippen LogP contribution in [0.25, 0.3) is 10.8 Å². The first-order valence-corrected chi connectivity index (χ1v) is 6.37. The number of nitrogens with zero attached hydrogens (tertiary/aromatic N) is 3. The Morgan fingerprint density at radius 2 is 2.14 bits per heavy atom. The van der Waals surface area contributed by atoms with Crippen LogP contribution < -0.4 is 11.2 Å². The number of nitrogens with two attached hydrogens (primary N) is 1. The molecular weight excluding hydrogens is 284 g/mol. The van der Waals surface area contributed by atoms with Gasteiger partial charge in [-0.05, 0) is 16.8 Å². The highest BCUT2D eigenvalue weighted by Gasteiger charge is 2.09. The van der Waals surface area contributed by atoms with Crippen molar-refractivity contribution in [3.63, 3.8) is 0 Å². The van der Waals surface area contributed by atoms with E-state index in [1.165, 1.54) is 6.21 Å². The van der Waals surface area contributed by atoms with Gasteiger partial charge >= 0.3 is 5.91 Å². The van der Waals surface area contributed by atoms with Crippen molar-refractivity contribution < 1.29 is 9.90 Å². The number of hydrazone groups is 1. The third kappa shape index (κ3) is 2.57. The Bertz CT molecular complexity index is 871. The molecule has 0 saturated carbocycles. The van der Waals surface area contributed by atoms with Gasteiger partial charge in [-0.3, -0.25) is 9.89 Å². The van der Waals surface area contributed by atoms with Crippen LogP contribution in [0.4, 0.5) is 5.95 Å². The molecule has 0 saturated heterocycles. The fraction of sp³-hybridized carbons (Fsp3) is 0. The minimum atomic E-state index is -0.583. The normalized spacial score (nSPS) is 11.1. The van der Waals surface area contributed by atoms with Crippen LogP contribution in [-0.4, -0.2) is 32.4 Å². The average molecular weight is 296 g/mol. The second-order valence-electron chi connectivity index (χ2n) is 4.46. The molecule has 0 bridgehead atoms. The average Bonchev–Trinajstić information content (AvgIpc) is 2.96. The quantitative estimate of drug-likeness (QED) is 0.423. The second kappa shape index (κ2) is 5.52. The van der Waals surface area contributed by atoms with Crippen LogP contribution in [0.5, 0.6) is 5.75 Å². The Morgan fingerprint density at radius 3 is 2.91 bits per heavy atom. The maximum Gasteiger partial charge on any atom is 0.308 e. The summed E-state index contributed by atoms with van der Waals surface area (Å²) in [7, 11) is 0. The lowest BCUT2D eigenvalue weighted by Crippen LogP contribution is -2.19. The summed E-state index contributed by atoms with van der Waals surface area (Å²) in [6.45, 7) is 0. The fourth-order valence-electron chi connectivity index (χ4n) is 2.00. The summed E-state index contributed by atoms with van der Waals surface area (Å²) in [4.78, 5) is 15.4. The Kier molecular flexibility index (Phi) is 3.40. The molecule has 0 unspecified atom stereocenters. The van der Waals surface area contributed by atoms with Gasteiger partial charge in [-0.15, -0.1) is 5.10 Å². The van der Waals surface area contributed by atoms with E-state index in [1.807, 2.05) is 24.3 Å². The lowest BCUT2D eigenvalue weighted by Gasteiger charge is -2.04. The first kappa shape index (κ1) is 13.6. The number of aromatic nitrogens is 3. The summed E-state index contributed by atoms with van der Waals surface area (Å²) in [6.07, 6.45) is 1.37. The molecule has 22 heavy (non-hydrogen) atoms. The molecule has 0 aliphatic heterocycles. The van der Waals surface area contributed by atoms with Crippen LogP contribution >= 0.6 is 0 Å². The third-order valence-corrected chi connectivity index (χ3v) is 3.03. The molecule has 0 atom stereocenters. The van der Waals surface area contributed by atoms with Gasteiger partial charge < -0.3 is 10.8 Å². The van der Waals surface area contributed by atoms with E-state index >= 15 is 0 Å². The van der Waals surface area contributed by atoms with Crippen molar-refractivity contribution >= 4 is 28.8 Å². The predicted octanol–water partition coefficient (Wildman–Crippen LogP) is 1.01. The number of phenols is 1. The van der Waals surface area contributed by atoms with Gasteiger partial charge in [0.25, 0.3) is 0 Å². The Balaban J connectivity index is 1.84. The van der Waals surface area contributed by atoms with Crippen LogP contribution in [-0.2, 0) is 0 Å². The molecule has 1 heterocycles. The highest BCUT2D eigenvalue weighted by atomic mass is 16.3. The van der Waals surface area contributed by atoms with Crippen LogP contribution in [0.1, 0.15) is 16.2 Å². The Labute approximate surface area is 124 Å². The SMILES string of the molecule is Nc1n[nH]c(C(=O)N/N=C/c2c(O)ccc3ccccc23)n1. The molecule has 2 aromatic carbocycles. The molecule has 3 aromatic rings. The van der Waals surface area contributed by atoms with Crippen LogP contribution in [0.2, 0.25) is 0 Å². The summed E-state index contributed by atoms with van der Waals surface area (Å²) in [5.41, 5.74) is 8.11. The predicted molar refractivity (Wildman–Crippen MR) is 81.5 cm³/mol. The number of fused-ring (bicyclic) bond motifs is 1. The number of nitrogens with one attached hydrogen (secondary N) is 2. The summed E-state index contributed by atoms with van der Waals surface area (Å²) in [5, 5.41) is 21.5.